The van der Waals surface area contributed by atoms with Crippen molar-refractivity contribution in [3.8, 4) is 0 Å². The van der Waals surface area contributed by atoms with Crippen LogP contribution in [0.15, 0.2) is 47.6 Å². The summed E-state index contributed by atoms with van der Waals surface area (Å²) >= 11 is 0. The van der Waals surface area contributed by atoms with Gasteiger partial charge in [-0.05, 0) is 36.8 Å². The highest BCUT2D eigenvalue weighted by molar-refractivity contribution is 6.02. The number of ether oxygens (including phenoxy) is 1. The molecule has 0 radical (unpaired) electrons. The Labute approximate surface area is 144 Å². The molecule has 25 heavy (non-hydrogen) atoms. The van der Waals surface area contributed by atoms with Crippen molar-refractivity contribution >= 4 is 17.6 Å². The summed E-state index contributed by atoms with van der Waals surface area (Å²) in [6.07, 6.45) is 2.61. The molecule has 2 heterocycles. The number of nitrogens with zero attached hydrogens (tertiary/aromatic N) is 2. The summed E-state index contributed by atoms with van der Waals surface area (Å²) in [5.41, 5.74) is 6.05. The van der Waals surface area contributed by atoms with Gasteiger partial charge in [0.1, 0.15) is 11.5 Å². The number of amidine groups is 1. The minimum Gasteiger partial charge on any atom is -0.465 e. The number of nitrogens with one attached hydrogen (secondary N) is 1. The van der Waals surface area contributed by atoms with Crippen LogP contribution in [0.25, 0.3) is 0 Å². The molecule has 0 fully saturated rings. The second kappa shape index (κ2) is 6.88. The monoisotopic (exact) mass is 342 g/mol. The first-order chi connectivity index (χ1) is 12.0. The summed E-state index contributed by atoms with van der Waals surface area (Å²) in [5.74, 6) is -0.755. The third kappa shape index (κ3) is 3.45. The number of amides is 1. The van der Waals surface area contributed by atoms with E-state index in [9.17, 15) is 9.18 Å². The summed E-state index contributed by atoms with van der Waals surface area (Å²) in [4.78, 5) is 20.6. The van der Waals surface area contributed by atoms with E-state index in [1.807, 2.05) is 6.92 Å². The van der Waals surface area contributed by atoms with Gasteiger partial charge >= 0.3 is 0 Å². The number of pyridine rings is 1. The second-order valence-electron chi connectivity index (χ2n) is 5.80. The van der Waals surface area contributed by atoms with Gasteiger partial charge in [-0.25, -0.2) is 9.38 Å². The van der Waals surface area contributed by atoms with Gasteiger partial charge in [0.05, 0.1) is 12.1 Å². The fraction of sp³-hybridized carbons (Fsp3) is 0.278. The number of benzene rings is 1. The molecule has 130 valence electrons. The molecular formula is C18H19FN4O2. The van der Waals surface area contributed by atoms with Gasteiger partial charge in [-0.3, -0.25) is 9.78 Å². The van der Waals surface area contributed by atoms with Crippen molar-refractivity contribution < 1.29 is 13.9 Å². The van der Waals surface area contributed by atoms with E-state index < -0.39 is 11.4 Å². The molecule has 2 aromatic rings. The number of halogens is 1. The van der Waals surface area contributed by atoms with E-state index in [2.05, 4.69) is 15.3 Å². The van der Waals surface area contributed by atoms with Crippen LogP contribution in [0.1, 0.15) is 35.8 Å². The second-order valence-corrected chi connectivity index (χ2v) is 5.80. The predicted octanol–water partition coefficient (Wildman–Crippen LogP) is 2.81. The van der Waals surface area contributed by atoms with Gasteiger partial charge in [0.25, 0.3) is 11.9 Å². The molecule has 3 N–H and O–H groups in total. The summed E-state index contributed by atoms with van der Waals surface area (Å²) in [6.45, 7) is 2.29. The quantitative estimate of drug-likeness (QED) is 0.894. The van der Waals surface area contributed by atoms with E-state index in [1.54, 1.807) is 24.3 Å². The highest BCUT2D eigenvalue weighted by Gasteiger charge is 2.36. The van der Waals surface area contributed by atoms with Crippen molar-refractivity contribution in [1.29, 1.82) is 0 Å². The first kappa shape index (κ1) is 16.9. The van der Waals surface area contributed by atoms with E-state index in [-0.39, 0.29) is 17.6 Å². The molecule has 0 aliphatic carbocycles. The summed E-state index contributed by atoms with van der Waals surface area (Å²) in [6, 6.07) is 9.54. The first-order valence-electron chi connectivity index (χ1n) is 8.04. The number of nitrogens with two attached hydrogens (primary N) is 1. The molecular weight excluding hydrogens is 323 g/mol. The van der Waals surface area contributed by atoms with E-state index in [1.165, 1.54) is 18.3 Å². The lowest BCUT2D eigenvalue weighted by molar-refractivity contribution is 0.102. The number of carbonyl (C=O) groups is 1. The molecule has 6 nitrogen and oxygen atoms in total. The Hall–Kier alpha value is -2.96. The van der Waals surface area contributed by atoms with E-state index in [0.29, 0.717) is 30.7 Å². The van der Waals surface area contributed by atoms with Gasteiger partial charge in [0.15, 0.2) is 0 Å². The van der Waals surface area contributed by atoms with Crippen LogP contribution >= 0.6 is 0 Å². The van der Waals surface area contributed by atoms with Crippen LogP contribution in [-0.4, -0.2) is 23.5 Å². The average molecular weight is 342 g/mol. The Bertz CT molecular complexity index is 810. The molecule has 0 saturated heterocycles. The van der Waals surface area contributed by atoms with E-state index >= 15 is 0 Å². The molecule has 0 saturated carbocycles. The van der Waals surface area contributed by atoms with Gasteiger partial charge < -0.3 is 15.8 Å². The topological polar surface area (TPSA) is 89.6 Å². The van der Waals surface area contributed by atoms with Crippen LogP contribution < -0.4 is 11.1 Å². The molecule has 0 unspecified atom stereocenters. The minimum atomic E-state index is -0.794. The largest absolute Gasteiger partial charge is 0.465 e. The lowest BCUT2D eigenvalue weighted by Crippen LogP contribution is -2.36. The molecule has 7 heteroatoms. The van der Waals surface area contributed by atoms with Crippen molar-refractivity contribution in [2.24, 2.45) is 10.7 Å². The standard InChI is InChI=1S/C18H19FN4O2/c1-2-18(8-10-25-17(20)23-18)13-11-12(6-7-14(13)19)22-16(24)15-5-3-4-9-21-15/h3-7,9,11H,2,8,10H2,1H3,(H2,20,23)(H,22,24)/t18-/m0/s1. The third-order valence-electron chi connectivity index (χ3n) is 4.30. The van der Waals surface area contributed by atoms with Crippen molar-refractivity contribution in [1.82, 2.24) is 4.98 Å². The molecule has 0 spiro atoms. The molecule has 1 aromatic carbocycles. The molecule has 3 rings (SSSR count). The molecule has 1 amide bonds. The summed E-state index contributed by atoms with van der Waals surface area (Å²) in [7, 11) is 0. The highest BCUT2D eigenvalue weighted by Crippen LogP contribution is 2.38. The Balaban J connectivity index is 1.93. The van der Waals surface area contributed by atoms with Gasteiger partial charge in [-0.1, -0.05) is 13.0 Å². The highest BCUT2D eigenvalue weighted by atomic mass is 19.1. The van der Waals surface area contributed by atoms with E-state index in [0.717, 1.165) is 0 Å². The molecule has 1 aliphatic rings. The van der Waals surface area contributed by atoms with Gasteiger partial charge in [-0.2, -0.15) is 0 Å². The maximum absolute atomic E-state index is 14.5. The van der Waals surface area contributed by atoms with Gasteiger partial charge in [0, 0.05) is 23.9 Å². The number of aliphatic imine (C=N–C) groups is 1. The summed E-state index contributed by atoms with van der Waals surface area (Å²) < 4.78 is 19.7. The van der Waals surface area contributed by atoms with Gasteiger partial charge in [0.2, 0.25) is 0 Å². The molecule has 0 bridgehead atoms. The zero-order valence-corrected chi connectivity index (χ0v) is 13.8. The zero-order chi connectivity index (χ0) is 17.9. The lowest BCUT2D eigenvalue weighted by Gasteiger charge is -2.33. The molecule has 1 aromatic heterocycles. The number of rotatable bonds is 4. The third-order valence-corrected chi connectivity index (χ3v) is 4.30. The van der Waals surface area contributed by atoms with Crippen LogP contribution in [0.5, 0.6) is 0 Å². The molecule has 1 atom stereocenters. The number of hydrogen-bond donors (Lipinski definition) is 2. The SMILES string of the molecule is CC[C@@]1(c2cc(NC(=O)c3ccccn3)ccc2F)CCOC(N)=N1. The Morgan fingerprint density at radius 1 is 1.40 bits per heavy atom. The van der Waals surface area contributed by atoms with Crippen molar-refractivity contribution in [2.75, 3.05) is 11.9 Å². The van der Waals surface area contributed by atoms with Crippen molar-refractivity contribution in [3.05, 3.63) is 59.7 Å². The summed E-state index contributed by atoms with van der Waals surface area (Å²) in [5, 5.41) is 2.74. The Morgan fingerprint density at radius 2 is 2.24 bits per heavy atom. The van der Waals surface area contributed by atoms with Crippen LogP contribution in [0.2, 0.25) is 0 Å². The Kier molecular flexibility index (Phi) is 4.65. The minimum absolute atomic E-state index is 0.0513. The lowest BCUT2D eigenvalue weighted by atomic mass is 9.84. The molecule has 1 aliphatic heterocycles. The first-order valence-corrected chi connectivity index (χ1v) is 8.04. The number of aromatic nitrogens is 1. The van der Waals surface area contributed by atoms with Crippen LogP contribution in [0.3, 0.4) is 0 Å². The van der Waals surface area contributed by atoms with Crippen molar-refractivity contribution in [3.63, 3.8) is 0 Å². The van der Waals surface area contributed by atoms with Crippen LogP contribution in [0, 0.1) is 5.82 Å². The Morgan fingerprint density at radius 3 is 2.92 bits per heavy atom. The van der Waals surface area contributed by atoms with Crippen LogP contribution in [-0.2, 0) is 10.3 Å². The predicted molar refractivity (Wildman–Crippen MR) is 92.8 cm³/mol. The van der Waals surface area contributed by atoms with Crippen LogP contribution in [0.4, 0.5) is 10.1 Å². The number of carbonyl (C=O) groups excluding carboxylic acids is 1. The fourth-order valence-corrected chi connectivity index (χ4v) is 2.92. The zero-order valence-electron chi connectivity index (χ0n) is 13.8. The van der Waals surface area contributed by atoms with E-state index in [4.69, 9.17) is 10.5 Å². The fourth-order valence-electron chi connectivity index (χ4n) is 2.92. The smallest absolute Gasteiger partial charge is 0.282 e. The number of anilines is 1. The maximum Gasteiger partial charge on any atom is 0.282 e. The maximum atomic E-state index is 14.5. The van der Waals surface area contributed by atoms with Gasteiger partial charge in [-0.15, -0.1) is 0 Å². The normalized spacial score (nSPS) is 19.7. The van der Waals surface area contributed by atoms with Crippen molar-refractivity contribution in [2.45, 2.75) is 25.3 Å². The average Bonchev–Trinajstić information content (AvgIpc) is 2.64. The number of hydrogen-bond acceptors (Lipinski definition) is 5.